The topological polar surface area (TPSA) is 59.1 Å². The van der Waals surface area contributed by atoms with Gasteiger partial charge in [-0.1, -0.05) is 176 Å². The van der Waals surface area contributed by atoms with Gasteiger partial charge in [-0.05, 0) is 174 Å². The molecule has 74 heavy (non-hydrogen) atoms. The van der Waals surface area contributed by atoms with E-state index in [2.05, 4.69) is 221 Å². The molecule has 0 heterocycles. The molecule has 0 N–H and O–H groups in total. The largest absolute Gasteiger partial charge is 0.465 e. The molecule has 7 rings (SSSR count). The van der Waals surface area contributed by atoms with Crippen LogP contribution in [-0.4, -0.2) is 26.2 Å². The number of esters is 2. The van der Waals surface area contributed by atoms with Crippen LogP contribution in [0.3, 0.4) is 0 Å². The maximum Gasteiger partial charge on any atom is 0.340 e. The lowest BCUT2D eigenvalue weighted by molar-refractivity contribution is 0.0588. The van der Waals surface area contributed by atoms with Crippen molar-refractivity contribution in [3.05, 3.63) is 141 Å². The Hall–Kier alpha value is -5.36. The molecule has 2 aliphatic rings. The highest BCUT2D eigenvalue weighted by Crippen LogP contribution is 2.52. The van der Waals surface area contributed by atoms with Crippen molar-refractivity contribution in [2.24, 2.45) is 0 Å². The number of carbonyl (C=O) groups is 2. The summed E-state index contributed by atoms with van der Waals surface area (Å²) in [6.45, 7) is 45.4. The van der Waals surface area contributed by atoms with Crippen LogP contribution in [0.15, 0.2) is 84.9 Å². The Bertz CT molecular complexity index is 2670. The molecule has 0 radical (unpaired) electrons. The second-order valence-electron chi connectivity index (χ2n) is 28.9. The zero-order chi connectivity index (χ0) is 55.1. The molecule has 5 aromatic rings. The Balaban J connectivity index is 1.70. The van der Waals surface area contributed by atoms with E-state index in [-0.39, 0.29) is 43.3 Å². The van der Waals surface area contributed by atoms with Crippen LogP contribution in [0.5, 0.6) is 0 Å². The minimum absolute atomic E-state index is 0.00270. The van der Waals surface area contributed by atoms with Gasteiger partial charge < -0.3 is 19.3 Å². The first-order valence-corrected chi connectivity index (χ1v) is 27.5. The van der Waals surface area contributed by atoms with Crippen LogP contribution in [0.4, 0.5) is 34.1 Å². The Morgan fingerprint density at radius 2 is 0.595 bits per heavy atom. The fourth-order valence-electron chi connectivity index (χ4n) is 10.6. The standard InChI is InChI=1S/C68H92N2O4/c1-61(2,3)43-29-44(62(4,5)6)34-51(33-43)69(53-37-47(65(13,14)15)31-49(39-53)67(19)25-23-26-67)57-41-56(60(72)74-22)58(42-55(57)59(71)73-21)70(52-35-45(63(7,8)9)30-46(36-52)64(10,11)12)54-38-48(66(16,17)18)32-50(40-54)68(20)27-24-28-68/h29-42H,23-28H2,1-22H3. The van der Waals surface area contributed by atoms with E-state index >= 15 is 9.59 Å². The van der Waals surface area contributed by atoms with Crippen molar-refractivity contribution in [3.63, 3.8) is 0 Å². The third kappa shape index (κ3) is 11.4. The summed E-state index contributed by atoms with van der Waals surface area (Å²) in [5.41, 5.74) is 13.7. The number of carbonyl (C=O) groups excluding carboxylic acids is 2. The van der Waals surface area contributed by atoms with Crippen LogP contribution in [0.2, 0.25) is 0 Å². The van der Waals surface area contributed by atoms with E-state index in [1.807, 2.05) is 12.1 Å². The smallest absolute Gasteiger partial charge is 0.340 e. The number of benzene rings is 5. The van der Waals surface area contributed by atoms with Gasteiger partial charge in [-0.25, -0.2) is 9.59 Å². The molecule has 2 aliphatic carbocycles. The third-order valence-electron chi connectivity index (χ3n) is 16.6. The molecular formula is C68H92N2O4. The molecule has 0 aliphatic heterocycles. The number of nitrogens with zero attached hydrogens (tertiary/aromatic N) is 2. The van der Waals surface area contributed by atoms with E-state index in [1.165, 1.54) is 71.6 Å². The molecule has 0 amide bonds. The molecule has 0 atom stereocenters. The van der Waals surface area contributed by atoms with Gasteiger partial charge in [0.2, 0.25) is 0 Å². The zero-order valence-corrected chi connectivity index (χ0v) is 49.9. The molecule has 6 nitrogen and oxygen atoms in total. The van der Waals surface area contributed by atoms with Gasteiger partial charge in [0.15, 0.2) is 0 Å². The number of rotatable bonds is 10. The monoisotopic (exact) mass is 1000 g/mol. The molecule has 0 unspecified atom stereocenters. The minimum atomic E-state index is -0.506. The van der Waals surface area contributed by atoms with Gasteiger partial charge in [0.1, 0.15) is 0 Å². The van der Waals surface area contributed by atoms with E-state index in [1.54, 1.807) is 0 Å². The Labute approximate surface area is 448 Å². The second-order valence-corrected chi connectivity index (χ2v) is 28.9. The second kappa shape index (κ2) is 19.3. The first-order valence-electron chi connectivity index (χ1n) is 27.5. The average molecular weight is 1000 g/mol. The maximum absolute atomic E-state index is 15.2. The number of ether oxygens (including phenoxy) is 2. The highest BCUT2D eigenvalue weighted by atomic mass is 16.5. The molecule has 398 valence electrons. The van der Waals surface area contributed by atoms with Crippen LogP contribution in [-0.2, 0) is 52.8 Å². The van der Waals surface area contributed by atoms with E-state index in [9.17, 15) is 0 Å². The molecule has 6 heteroatoms. The molecule has 0 saturated heterocycles. The lowest BCUT2D eigenvalue weighted by Crippen LogP contribution is -2.31. The number of anilines is 6. The normalized spacial score (nSPS) is 16.0. The van der Waals surface area contributed by atoms with Gasteiger partial charge in [-0.15, -0.1) is 0 Å². The number of hydrogen-bond donors (Lipinski definition) is 0. The minimum Gasteiger partial charge on any atom is -0.465 e. The summed E-state index contributed by atoms with van der Waals surface area (Å²) in [4.78, 5) is 34.8. The molecular weight excluding hydrogens is 909 g/mol. The summed E-state index contributed by atoms with van der Waals surface area (Å²) in [7, 11) is 2.91. The van der Waals surface area contributed by atoms with Crippen molar-refractivity contribution in [1.82, 2.24) is 0 Å². The fraction of sp³-hybridized carbons (Fsp3) is 0.529. The lowest BCUT2D eigenvalue weighted by Gasteiger charge is -2.41. The van der Waals surface area contributed by atoms with Crippen LogP contribution >= 0.6 is 0 Å². The fourth-order valence-corrected chi connectivity index (χ4v) is 10.6. The summed E-state index contributed by atoms with van der Waals surface area (Å²) in [6.07, 6.45) is 6.76. The predicted octanol–water partition coefficient (Wildman–Crippen LogP) is 18.9. The quantitative estimate of drug-likeness (QED) is 0.130. The van der Waals surface area contributed by atoms with Gasteiger partial charge >= 0.3 is 11.9 Å². The van der Waals surface area contributed by atoms with Gasteiger partial charge in [0.05, 0.1) is 36.7 Å². The van der Waals surface area contributed by atoms with Crippen molar-refractivity contribution in [2.75, 3.05) is 24.0 Å². The maximum atomic E-state index is 15.2. The molecule has 0 bridgehead atoms. The third-order valence-corrected chi connectivity index (χ3v) is 16.6. The highest BCUT2D eigenvalue weighted by molar-refractivity contribution is 6.07. The van der Waals surface area contributed by atoms with Crippen molar-refractivity contribution in [3.8, 4) is 0 Å². The highest BCUT2D eigenvalue weighted by Gasteiger charge is 2.39. The van der Waals surface area contributed by atoms with Crippen LogP contribution < -0.4 is 9.80 Å². The van der Waals surface area contributed by atoms with Gasteiger partial charge in [0, 0.05) is 22.7 Å². The Morgan fingerprint density at radius 3 is 0.797 bits per heavy atom. The summed E-state index contributed by atoms with van der Waals surface area (Å²) in [5, 5.41) is 0. The van der Waals surface area contributed by atoms with Gasteiger partial charge in [-0.2, -0.15) is 0 Å². The molecule has 5 aromatic carbocycles. The van der Waals surface area contributed by atoms with Crippen LogP contribution in [0.1, 0.15) is 242 Å². The molecule has 0 spiro atoms. The molecule has 2 saturated carbocycles. The molecule has 2 fully saturated rings. The SMILES string of the molecule is COC(=O)c1cc(N(c2cc(C(C)(C)C)cc(C(C)(C)C)c2)c2cc(C(C)(C)C)cc(C3(C)CCC3)c2)c(C(=O)OC)cc1N(c1cc(C(C)(C)C)cc(C(C)(C)C)c1)c1cc(C(C)(C)C)cc(C2(C)CCC2)c1. The summed E-state index contributed by atoms with van der Waals surface area (Å²) in [5.74, 6) is -1.01. The van der Waals surface area contributed by atoms with E-state index in [0.29, 0.717) is 22.5 Å². The first kappa shape index (κ1) is 56.4. The first-order chi connectivity index (χ1) is 33.9. The van der Waals surface area contributed by atoms with Crippen molar-refractivity contribution >= 4 is 46.1 Å². The van der Waals surface area contributed by atoms with Crippen molar-refractivity contribution in [2.45, 2.75) is 220 Å². The van der Waals surface area contributed by atoms with Crippen molar-refractivity contribution in [1.29, 1.82) is 0 Å². The lowest BCUT2D eigenvalue weighted by atomic mass is 9.65. The Kier molecular flexibility index (Phi) is 14.7. The summed E-state index contributed by atoms with van der Waals surface area (Å²) >= 11 is 0. The van der Waals surface area contributed by atoms with Gasteiger partial charge in [0.25, 0.3) is 0 Å². The molecule has 0 aromatic heterocycles. The predicted molar refractivity (Wildman–Crippen MR) is 313 cm³/mol. The van der Waals surface area contributed by atoms with Crippen molar-refractivity contribution < 1.29 is 19.1 Å². The number of methoxy groups -OCH3 is 2. The van der Waals surface area contributed by atoms with Crippen LogP contribution in [0, 0.1) is 0 Å². The summed E-state index contributed by atoms with van der Waals surface area (Å²) < 4.78 is 11.8. The zero-order valence-electron chi connectivity index (χ0n) is 49.9. The van der Waals surface area contributed by atoms with Gasteiger partial charge in [-0.3, -0.25) is 0 Å². The van der Waals surface area contributed by atoms with Crippen LogP contribution in [0.25, 0.3) is 0 Å². The number of hydrogen-bond acceptors (Lipinski definition) is 6. The summed E-state index contributed by atoms with van der Waals surface area (Å²) in [6, 6.07) is 31.6. The van der Waals surface area contributed by atoms with E-state index in [4.69, 9.17) is 9.47 Å². The van der Waals surface area contributed by atoms with E-state index in [0.717, 1.165) is 48.4 Å². The Morgan fingerprint density at radius 1 is 0.365 bits per heavy atom. The van der Waals surface area contributed by atoms with E-state index < -0.39 is 11.9 Å². The average Bonchev–Trinajstić information content (AvgIpc) is 3.27.